The number of anilines is 1. The number of nitrogens with one attached hydrogen (secondary N) is 1. The van der Waals surface area contributed by atoms with Crippen molar-refractivity contribution in [1.82, 2.24) is 25.4 Å². The lowest BCUT2D eigenvalue weighted by Crippen LogP contribution is -2.44. The summed E-state index contributed by atoms with van der Waals surface area (Å²) in [6.07, 6.45) is 4.67. The summed E-state index contributed by atoms with van der Waals surface area (Å²) < 4.78 is 47.7. The molecular weight excluding hydrogens is 725 g/mol. The number of carbonyl (C=O) groups excluding carboxylic acids is 1. The van der Waals surface area contributed by atoms with Crippen LogP contribution in [0.5, 0.6) is 11.6 Å². The number of aliphatic hydroxyl groups is 1. The molecule has 3 aromatic rings. The highest BCUT2D eigenvalue weighted by Gasteiger charge is 2.54. The van der Waals surface area contributed by atoms with Gasteiger partial charge in [0.1, 0.15) is 17.5 Å². The number of halogens is 3. The number of carbonyl (C=O) groups is 1. The van der Waals surface area contributed by atoms with Crippen LogP contribution in [0, 0.1) is 17.3 Å². The molecule has 4 fully saturated rings. The summed E-state index contributed by atoms with van der Waals surface area (Å²) in [5.74, 6) is 3.18. The second kappa shape index (κ2) is 18.5. The fourth-order valence-electron chi connectivity index (χ4n) is 9.13. The molecule has 306 valence electrons. The molecule has 0 radical (unpaired) electrons. The van der Waals surface area contributed by atoms with Gasteiger partial charge in [-0.2, -0.15) is 13.2 Å². The van der Waals surface area contributed by atoms with Crippen molar-refractivity contribution < 1.29 is 37.7 Å². The summed E-state index contributed by atoms with van der Waals surface area (Å²) in [5.41, 5.74) is 2.43. The van der Waals surface area contributed by atoms with Gasteiger partial charge in [0.25, 0.3) is 5.91 Å². The van der Waals surface area contributed by atoms with Crippen LogP contribution < -0.4 is 15.0 Å². The van der Waals surface area contributed by atoms with E-state index in [1.807, 2.05) is 25.1 Å². The quantitative estimate of drug-likeness (QED) is 0.250. The number of nitrogens with zero attached hydrogens (tertiary/aromatic N) is 5. The average molecular weight is 783 g/mol. The van der Waals surface area contributed by atoms with E-state index in [4.69, 9.17) is 9.47 Å². The van der Waals surface area contributed by atoms with E-state index in [2.05, 4.69) is 50.3 Å². The Kier molecular flexibility index (Phi) is 13.8. The monoisotopic (exact) mass is 782 g/mol. The first-order chi connectivity index (χ1) is 26.9. The molecule has 11 nitrogen and oxygen atoms in total. The molecule has 2 saturated carbocycles. The van der Waals surface area contributed by atoms with Crippen LogP contribution in [-0.4, -0.2) is 101 Å². The molecule has 3 N–H and O–H groups in total. The summed E-state index contributed by atoms with van der Waals surface area (Å²) >= 11 is 0. The van der Waals surface area contributed by atoms with E-state index in [1.165, 1.54) is 42.5 Å². The first kappa shape index (κ1) is 41.6. The van der Waals surface area contributed by atoms with E-state index < -0.39 is 11.9 Å². The lowest BCUT2D eigenvalue weighted by atomic mass is 9.55. The molecule has 56 heavy (non-hydrogen) atoms. The number of hydrogen-bond donors (Lipinski definition) is 3. The number of amides is 1. The maximum absolute atomic E-state index is 12.4. The van der Waals surface area contributed by atoms with Crippen molar-refractivity contribution in [2.75, 3.05) is 57.9 Å². The number of phenolic OH excluding ortho intramolecular Hbond substituents is 1. The Morgan fingerprint density at radius 3 is 2.54 bits per heavy atom. The van der Waals surface area contributed by atoms with Crippen molar-refractivity contribution in [1.29, 1.82) is 0 Å². The Hall–Kier alpha value is -4.01. The standard InChI is InChI=1S/C18H24O2.C13H21N5O.C11H12F3NO2/c1-18-9-8-14-13-5-3-12(19)10-11(13)2-4-15(14)16(18)6-7-17(18)20;1-3-6-14-13(19)11-4-5-12(16-15-11)18-9-7-17(2)8-10-18;12-11(13,14)9-4-1-5-10(15-9)17-8-3-2-6-16-7-8/h3,5,10,14-17,19-20H,2,4,6-9H2,1H3;4-5H,3,6-10H2,1-2H3,(H,14,19);1,4-5,8H,2-3,6-7H2/t14?,15-,16?,17?,18?;;/m1../s1. The second-order valence-corrected chi connectivity index (χ2v) is 16.1. The predicted molar refractivity (Wildman–Crippen MR) is 207 cm³/mol. The van der Waals surface area contributed by atoms with Crippen LogP contribution in [0.15, 0.2) is 48.5 Å². The normalized spacial score (nSPS) is 27.3. The number of fused-ring (bicyclic) bond motifs is 5. The zero-order chi connectivity index (χ0) is 39.9. The summed E-state index contributed by atoms with van der Waals surface area (Å²) in [7, 11) is 2.12. The molecule has 1 aromatic carbocycles. The lowest BCUT2D eigenvalue weighted by molar-refractivity contribution is -0.141. The van der Waals surface area contributed by atoms with Crippen LogP contribution >= 0.6 is 0 Å². The zero-order valence-corrected chi connectivity index (χ0v) is 32.8. The molecule has 0 spiro atoms. The SMILES string of the molecule is CC12CCC3c4ccc(O)cc4CC[C@H]3C1CCC2O.CCCNC(=O)c1ccc(N2CCN(C)CC2)nn1.FC(F)(F)c1cccc(OC2CCCOC2)n1. The number of aromatic hydroxyl groups is 1. The Morgan fingerprint density at radius 1 is 1.04 bits per heavy atom. The molecule has 2 aromatic heterocycles. The van der Waals surface area contributed by atoms with Crippen molar-refractivity contribution in [3.63, 3.8) is 0 Å². The van der Waals surface area contributed by atoms with Crippen LogP contribution in [-0.2, 0) is 17.3 Å². The molecule has 2 saturated heterocycles. The number of phenols is 1. The van der Waals surface area contributed by atoms with Gasteiger partial charge in [-0.1, -0.05) is 26.0 Å². The maximum atomic E-state index is 12.4. The number of likely N-dealkylation sites (N-methyl/N-ethyl adjacent to an activating group) is 1. The van der Waals surface area contributed by atoms with Gasteiger partial charge >= 0.3 is 6.18 Å². The molecular formula is C42H57F3N6O5. The average Bonchev–Trinajstić information content (AvgIpc) is 3.51. The minimum absolute atomic E-state index is 0.00433. The number of pyridine rings is 1. The summed E-state index contributed by atoms with van der Waals surface area (Å²) in [5, 5.41) is 31.0. The molecule has 1 amide bonds. The Morgan fingerprint density at radius 2 is 1.84 bits per heavy atom. The first-order valence-electron chi connectivity index (χ1n) is 20.2. The molecule has 5 unspecified atom stereocenters. The van der Waals surface area contributed by atoms with Gasteiger partial charge in [0.2, 0.25) is 5.88 Å². The van der Waals surface area contributed by atoms with Gasteiger partial charge in [0.15, 0.2) is 11.5 Å². The van der Waals surface area contributed by atoms with Crippen molar-refractivity contribution >= 4 is 11.7 Å². The Labute approximate surface area is 328 Å². The molecule has 0 bridgehead atoms. The number of hydrogen-bond acceptors (Lipinski definition) is 10. The van der Waals surface area contributed by atoms with Gasteiger partial charge in [-0.15, -0.1) is 10.2 Å². The predicted octanol–water partition coefficient (Wildman–Crippen LogP) is 6.64. The van der Waals surface area contributed by atoms with Crippen molar-refractivity contribution in [2.45, 2.75) is 95.9 Å². The fourth-order valence-corrected chi connectivity index (χ4v) is 9.13. The van der Waals surface area contributed by atoms with E-state index in [1.54, 1.807) is 6.07 Å². The highest BCUT2D eigenvalue weighted by atomic mass is 19.4. The van der Waals surface area contributed by atoms with Crippen molar-refractivity contribution in [3.8, 4) is 11.6 Å². The number of piperazine rings is 1. The topological polar surface area (TPSA) is 133 Å². The van der Waals surface area contributed by atoms with Crippen LogP contribution in [0.3, 0.4) is 0 Å². The van der Waals surface area contributed by atoms with Gasteiger partial charge < -0.3 is 34.8 Å². The third-order valence-electron chi connectivity index (χ3n) is 12.3. The van der Waals surface area contributed by atoms with E-state index >= 15 is 0 Å². The van der Waals surface area contributed by atoms with Crippen LogP contribution in [0.4, 0.5) is 19.0 Å². The third kappa shape index (κ3) is 10.1. The molecule has 3 aliphatic carbocycles. The Balaban J connectivity index is 0.000000143. The van der Waals surface area contributed by atoms with Crippen LogP contribution in [0.1, 0.15) is 98.4 Å². The van der Waals surface area contributed by atoms with Crippen molar-refractivity contribution in [2.24, 2.45) is 17.3 Å². The van der Waals surface area contributed by atoms with Gasteiger partial charge in [0, 0.05) is 45.4 Å². The van der Waals surface area contributed by atoms with E-state index in [9.17, 15) is 28.2 Å². The summed E-state index contributed by atoms with van der Waals surface area (Å²) in [6, 6.07) is 13.2. The van der Waals surface area contributed by atoms with E-state index in [0.29, 0.717) is 43.0 Å². The van der Waals surface area contributed by atoms with Crippen LogP contribution in [0.2, 0.25) is 0 Å². The molecule has 5 aliphatic rings. The minimum atomic E-state index is -4.44. The number of alkyl halides is 3. The van der Waals surface area contributed by atoms with Crippen molar-refractivity contribution in [3.05, 3.63) is 71.0 Å². The lowest BCUT2D eigenvalue weighted by Gasteiger charge is -2.50. The molecule has 6 atom stereocenters. The molecule has 14 heteroatoms. The second-order valence-electron chi connectivity index (χ2n) is 16.1. The third-order valence-corrected chi connectivity index (χ3v) is 12.3. The highest BCUT2D eigenvalue weighted by molar-refractivity contribution is 5.92. The van der Waals surface area contributed by atoms with Gasteiger partial charge in [-0.25, -0.2) is 4.98 Å². The highest BCUT2D eigenvalue weighted by Crippen LogP contribution is 2.60. The smallest absolute Gasteiger partial charge is 0.433 e. The van der Waals surface area contributed by atoms with Gasteiger partial charge in [-0.05, 0) is 129 Å². The van der Waals surface area contributed by atoms with E-state index in [0.717, 1.165) is 82.5 Å². The maximum Gasteiger partial charge on any atom is 0.433 e. The minimum Gasteiger partial charge on any atom is -0.508 e. The first-order valence-corrected chi connectivity index (χ1v) is 20.2. The van der Waals surface area contributed by atoms with Gasteiger partial charge in [-0.3, -0.25) is 4.79 Å². The number of aryl methyl sites for hydroxylation is 1. The van der Waals surface area contributed by atoms with Crippen LogP contribution in [0.25, 0.3) is 0 Å². The summed E-state index contributed by atoms with van der Waals surface area (Å²) in [6.45, 7) is 10.0. The number of benzene rings is 1. The number of ether oxygens (including phenoxy) is 2. The zero-order valence-electron chi connectivity index (χ0n) is 32.8. The Bertz CT molecular complexity index is 1730. The largest absolute Gasteiger partial charge is 0.508 e. The van der Waals surface area contributed by atoms with Gasteiger partial charge in [0.05, 0.1) is 12.7 Å². The fraction of sp³-hybridized carbons (Fsp3) is 0.619. The number of aromatic nitrogens is 3. The summed E-state index contributed by atoms with van der Waals surface area (Å²) in [4.78, 5) is 19.6. The molecule has 8 rings (SSSR count). The number of aliphatic hydroxyl groups excluding tert-OH is 1. The molecule has 4 heterocycles. The molecule has 2 aliphatic heterocycles. The van der Waals surface area contributed by atoms with E-state index in [-0.39, 0.29) is 29.4 Å². The number of rotatable bonds is 6.